The number of fused-ring (bicyclic) bond motifs is 1. The first kappa shape index (κ1) is 13.5. The highest BCUT2D eigenvalue weighted by molar-refractivity contribution is 5.92. The van der Waals surface area contributed by atoms with Gasteiger partial charge in [0.1, 0.15) is 6.33 Å². The molecule has 0 aromatic carbocycles. The van der Waals surface area contributed by atoms with E-state index in [4.69, 9.17) is 5.73 Å². The molecular formula is C14H17N5O2. The van der Waals surface area contributed by atoms with Gasteiger partial charge in [-0.1, -0.05) is 6.42 Å². The Morgan fingerprint density at radius 3 is 2.90 bits per heavy atom. The summed E-state index contributed by atoms with van der Waals surface area (Å²) in [5.74, 6) is 0.148. The molecule has 0 amide bonds. The van der Waals surface area contributed by atoms with Crippen molar-refractivity contribution in [3.8, 4) is 5.82 Å². The van der Waals surface area contributed by atoms with E-state index in [0.717, 1.165) is 36.9 Å². The fourth-order valence-electron chi connectivity index (χ4n) is 2.63. The summed E-state index contributed by atoms with van der Waals surface area (Å²) in [5.41, 5.74) is 8.38. The van der Waals surface area contributed by atoms with Crippen LogP contribution in [-0.4, -0.2) is 32.8 Å². The largest absolute Gasteiger partial charge is 0.464 e. The number of nitrogen functional groups attached to an aromatic ring is 1. The van der Waals surface area contributed by atoms with E-state index in [1.807, 2.05) is 0 Å². The van der Waals surface area contributed by atoms with Crippen LogP contribution in [0.25, 0.3) is 5.82 Å². The summed E-state index contributed by atoms with van der Waals surface area (Å²) in [6.45, 7) is 0. The predicted octanol–water partition coefficient (Wildman–Crippen LogP) is 1.30. The normalized spacial score (nSPS) is 14.3. The summed E-state index contributed by atoms with van der Waals surface area (Å²) in [4.78, 5) is 20.3. The monoisotopic (exact) mass is 287 g/mol. The third kappa shape index (κ3) is 2.46. The number of aromatic nitrogens is 4. The van der Waals surface area contributed by atoms with Gasteiger partial charge in [-0.15, -0.1) is 0 Å². The topological polar surface area (TPSA) is 95.9 Å². The molecular weight excluding hydrogens is 270 g/mol. The molecule has 0 fully saturated rings. The first-order valence-electron chi connectivity index (χ1n) is 6.97. The van der Waals surface area contributed by atoms with E-state index in [2.05, 4.69) is 19.8 Å². The number of nitrogens with zero attached hydrogens (tertiary/aromatic N) is 4. The zero-order valence-electron chi connectivity index (χ0n) is 11.9. The Morgan fingerprint density at radius 1 is 1.29 bits per heavy atom. The van der Waals surface area contributed by atoms with Crippen LogP contribution in [0.3, 0.4) is 0 Å². The molecule has 2 aromatic heterocycles. The minimum Gasteiger partial charge on any atom is -0.464 e. The first-order chi connectivity index (χ1) is 10.2. The van der Waals surface area contributed by atoms with Gasteiger partial charge in [0.25, 0.3) is 0 Å². The molecule has 0 saturated heterocycles. The number of carbonyl (C=O) groups excluding carboxylic acids is 1. The van der Waals surface area contributed by atoms with Crippen LogP contribution in [0.2, 0.25) is 0 Å². The predicted molar refractivity (Wildman–Crippen MR) is 76.2 cm³/mol. The van der Waals surface area contributed by atoms with Crippen molar-refractivity contribution in [2.24, 2.45) is 0 Å². The molecule has 110 valence electrons. The van der Waals surface area contributed by atoms with Crippen LogP contribution in [0.15, 0.2) is 12.5 Å². The Labute approximate surface area is 122 Å². The first-order valence-corrected chi connectivity index (χ1v) is 6.97. The fraction of sp³-hybridized carbons (Fsp3) is 0.429. The second-order valence-electron chi connectivity index (χ2n) is 5.05. The molecule has 0 radical (unpaired) electrons. The number of hydrogen-bond donors (Lipinski definition) is 1. The van der Waals surface area contributed by atoms with Crippen LogP contribution in [0.1, 0.15) is 41.0 Å². The van der Waals surface area contributed by atoms with Gasteiger partial charge in [-0.2, -0.15) is 5.10 Å². The molecule has 0 saturated carbocycles. The molecule has 0 unspecified atom stereocenters. The summed E-state index contributed by atoms with van der Waals surface area (Å²) in [6.07, 6.45) is 8.43. The van der Waals surface area contributed by atoms with E-state index in [1.54, 1.807) is 10.9 Å². The number of rotatable bonds is 2. The summed E-state index contributed by atoms with van der Waals surface area (Å²) in [7, 11) is 1.30. The molecule has 2 aromatic rings. The molecule has 0 aliphatic heterocycles. The van der Waals surface area contributed by atoms with Crippen molar-refractivity contribution in [1.29, 1.82) is 0 Å². The number of aryl methyl sites for hydroxylation is 1. The zero-order valence-corrected chi connectivity index (χ0v) is 11.9. The van der Waals surface area contributed by atoms with Gasteiger partial charge in [0.05, 0.1) is 19.0 Å². The smallest absolute Gasteiger partial charge is 0.360 e. The van der Waals surface area contributed by atoms with Gasteiger partial charge in [-0.3, -0.25) is 0 Å². The SMILES string of the molecule is COC(=O)c1nn(-c2ncnc3c2CCCCC3)cc1N. The lowest BCUT2D eigenvalue weighted by Crippen LogP contribution is -2.09. The van der Waals surface area contributed by atoms with Crippen molar-refractivity contribution < 1.29 is 9.53 Å². The van der Waals surface area contributed by atoms with Crippen molar-refractivity contribution in [3.63, 3.8) is 0 Å². The van der Waals surface area contributed by atoms with Crippen molar-refractivity contribution in [2.45, 2.75) is 32.1 Å². The van der Waals surface area contributed by atoms with Gasteiger partial charge >= 0.3 is 5.97 Å². The minimum absolute atomic E-state index is 0.110. The van der Waals surface area contributed by atoms with Gasteiger partial charge < -0.3 is 10.5 Å². The van der Waals surface area contributed by atoms with Gasteiger partial charge in [0, 0.05) is 11.3 Å². The Hall–Kier alpha value is -2.44. The average Bonchev–Trinajstić information content (AvgIpc) is 2.73. The maximum absolute atomic E-state index is 11.6. The number of hydrogen-bond acceptors (Lipinski definition) is 6. The van der Waals surface area contributed by atoms with Crippen LogP contribution < -0.4 is 5.73 Å². The van der Waals surface area contributed by atoms with Gasteiger partial charge in [0.2, 0.25) is 0 Å². The number of carbonyl (C=O) groups is 1. The molecule has 7 heteroatoms. The second kappa shape index (κ2) is 5.51. The van der Waals surface area contributed by atoms with Crippen molar-refractivity contribution >= 4 is 11.7 Å². The van der Waals surface area contributed by atoms with Gasteiger partial charge in [0.15, 0.2) is 11.5 Å². The highest BCUT2D eigenvalue weighted by Gasteiger charge is 2.20. The summed E-state index contributed by atoms with van der Waals surface area (Å²) in [5, 5.41) is 4.22. The number of methoxy groups -OCH3 is 1. The van der Waals surface area contributed by atoms with Crippen LogP contribution in [0.5, 0.6) is 0 Å². The number of esters is 1. The summed E-state index contributed by atoms with van der Waals surface area (Å²) in [6, 6.07) is 0. The quantitative estimate of drug-likeness (QED) is 0.660. The van der Waals surface area contributed by atoms with Crippen molar-refractivity contribution in [2.75, 3.05) is 12.8 Å². The molecule has 2 N–H and O–H groups in total. The number of anilines is 1. The maximum Gasteiger partial charge on any atom is 0.360 e. The lowest BCUT2D eigenvalue weighted by Gasteiger charge is -2.09. The third-order valence-corrected chi connectivity index (χ3v) is 3.69. The third-order valence-electron chi connectivity index (χ3n) is 3.69. The van der Waals surface area contributed by atoms with E-state index >= 15 is 0 Å². The maximum atomic E-state index is 11.6. The molecule has 0 atom stereocenters. The van der Waals surface area contributed by atoms with Crippen LogP contribution in [0, 0.1) is 0 Å². The van der Waals surface area contributed by atoms with E-state index in [-0.39, 0.29) is 11.4 Å². The lowest BCUT2D eigenvalue weighted by molar-refractivity contribution is 0.0594. The standard InChI is InChI=1S/C14H17N5O2/c1-21-14(20)12-10(15)7-19(18-12)13-9-5-3-2-4-6-11(9)16-8-17-13/h7-8H,2-6,15H2,1H3. The van der Waals surface area contributed by atoms with E-state index in [9.17, 15) is 4.79 Å². The number of nitrogens with two attached hydrogens (primary N) is 1. The zero-order chi connectivity index (χ0) is 14.8. The van der Waals surface area contributed by atoms with E-state index < -0.39 is 5.97 Å². The van der Waals surface area contributed by atoms with Crippen LogP contribution >= 0.6 is 0 Å². The summed E-state index contributed by atoms with van der Waals surface area (Å²) >= 11 is 0. The molecule has 3 rings (SSSR count). The lowest BCUT2D eigenvalue weighted by atomic mass is 10.1. The minimum atomic E-state index is -0.550. The highest BCUT2D eigenvalue weighted by Crippen LogP contribution is 2.24. The fourth-order valence-corrected chi connectivity index (χ4v) is 2.63. The van der Waals surface area contributed by atoms with Crippen LogP contribution in [-0.2, 0) is 17.6 Å². The van der Waals surface area contributed by atoms with Crippen molar-refractivity contribution in [1.82, 2.24) is 19.7 Å². The molecule has 1 aliphatic rings. The molecule has 7 nitrogen and oxygen atoms in total. The molecule has 0 spiro atoms. The van der Waals surface area contributed by atoms with E-state index in [1.165, 1.54) is 19.9 Å². The molecule has 2 heterocycles. The molecule has 21 heavy (non-hydrogen) atoms. The average molecular weight is 287 g/mol. The van der Waals surface area contributed by atoms with Crippen molar-refractivity contribution in [3.05, 3.63) is 29.5 Å². The highest BCUT2D eigenvalue weighted by atomic mass is 16.5. The number of ether oxygens (including phenoxy) is 1. The van der Waals surface area contributed by atoms with Gasteiger partial charge in [-0.05, 0) is 25.7 Å². The molecule has 0 bridgehead atoms. The molecule has 1 aliphatic carbocycles. The Morgan fingerprint density at radius 2 is 2.10 bits per heavy atom. The second-order valence-corrected chi connectivity index (χ2v) is 5.05. The Kier molecular flexibility index (Phi) is 3.55. The Bertz CT molecular complexity index is 680. The Balaban J connectivity index is 2.07. The van der Waals surface area contributed by atoms with E-state index in [0.29, 0.717) is 5.82 Å². The van der Waals surface area contributed by atoms with Gasteiger partial charge in [-0.25, -0.2) is 19.4 Å². The van der Waals surface area contributed by atoms with Crippen LogP contribution in [0.4, 0.5) is 5.69 Å². The summed E-state index contributed by atoms with van der Waals surface area (Å²) < 4.78 is 6.22.